The number of thiocarbonyl (C=S) groups is 1. The minimum atomic E-state index is -0.489. The molecular formula is C26H18N2O3S. The van der Waals surface area contributed by atoms with Gasteiger partial charge in [-0.15, -0.1) is 0 Å². The number of carbonyl (C=O) groups is 2. The van der Waals surface area contributed by atoms with Gasteiger partial charge in [0, 0.05) is 5.39 Å². The molecule has 4 aromatic rings. The lowest BCUT2D eigenvalue weighted by Gasteiger charge is -2.37. The van der Waals surface area contributed by atoms with Crippen LogP contribution in [-0.2, 0) is 9.59 Å². The summed E-state index contributed by atoms with van der Waals surface area (Å²) in [6.45, 7) is 1.81. The van der Waals surface area contributed by atoms with E-state index in [1.54, 1.807) is 31.2 Å². The van der Waals surface area contributed by atoms with Crippen molar-refractivity contribution in [1.29, 1.82) is 0 Å². The Morgan fingerprint density at radius 1 is 0.781 bits per heavy atom. The Hall–Kier alpha value is -4.03. The van der Waals surface area contributed by atoms with Crippen molar-refractivity contribution in [2.45, 2.75) is 6.92 Å². The highest BCUT2D eigenvalue weighted by molar-refractivity contribution is 7.81. The van der Waals surface area contributed by atoms with Gasteiger partial charge in [-0.2, -0.15) is 0 Å². The van der Waals surface area contributed by atoms with Crippen LogP contribution in [0.5, 0.6) is 0 Å². The number of hydrogen-bond donors (Lipinski definition) is 0. The van der Waals surface area contributed by atoms with Gasteiger partial charge >= 0.3 is 0 Å². The van der Waals surface area contributed by atoms with E-state index in [2.05, 4.69) is 0 Å². The highest BCUT2D eigenvalue weighted by Gasteiger charge is 2.41. The third-order valence-corrected chi connectivity index (χ3v) is 5.68. The summed E-state index contributed by atoms with van der Waals surface area (Å²) in [5, 5.41) is 1.94. The van der Waals surface area contributed by atoms with Crippen molar-refractivity contribution < 1.29 is 14.0 Å². The molecular weight excluding hydrogens is 420 g/mol. The summed E-state index contributed by atoms with van der Waals surface area (Å²) in [5.41, 5.74) is 1.18. The second-order valence-electron chi connectivity index (χ2n) is 7.40. The van der Waals surface area contributed by atoms with Crippen LogP contribution in [0.25, 0.3) is 16.8 Å². The highest BCUT2D eigenvalue weighted by atomic mass is 32.1. The Bertz CT molecular complexity index is 1400. The summed E-state index contributed by atoms with van der Waals surface area (Å²) in [7, 11) is 0. The van der Waals surface area contributed by atoms with E-state index in [0.717, 1.165) is 10.8 Å². The third-order valence-electron chi connectivity index (χ3n) is 5.32. The zero-order valence-corrected chi connectivity index (χ0v) is 18.0. The lowest BCUT2D eigenvalue weighted by atomic mass is 10.0. The lowest BCUT2D eigenvalue weighted by molar-refractivity contribution is -0.120. The van der Waals surface area contributed by atoms with Crippen molar-refractivity contribution >= 4 is 57.4 Å². The molecule has 2 heterocycles. The fourth-order valence-corrected chi connectivity index (χ4v) is 4.19. The van der Waals surface area contributed by atoms with E-state index in [1.807, 2.05) is 60.7 Å². The molecule has 6 heteroatoms. The topological polar surface area (TPSA) is 53.8 Å². The third kappa shape index (κ3) is 3.31. The normalized spacial score (nSPS) is 15.8. The number of aryl methyl sites for hydroxylation is 1. The molecule has 0 radical (unpaired) electrons. The number of carbonyl (C=O) groups excluding carboxylic acids is 2. The largest absolute Gasteiger partial charge is 0.462 e. The molecule has 5 nitrogen and oxygen atoms in total. The first-order valence-electron chi connectivity index (χ1n) is 10.1. The average molecular weight is 439 g/mol. The maximum Gasteiger partial charge on any atom is 0.270 e. The molecule has 0 spiro atoms. The van der Waals surface area contributed by atoms with Gasteiger partial charge in [-0.3, -0.25) is 19.4 Å². The molecule has 0 atom stereocenters. The number of furan rings is 1. The van der Waals surface area contributed by atoms with Gasteiger partial charge in [0.2, 0.25) is 0 Å². The number of anilines is 2. The summed E-state index contributed by atoms with van der Waals surface area (Å²) in [6.07, 6.45) is 1.48. The Morgan fingerprint density at radius 2 is 1.47 bits per heavy atom. The van der Waals surface area contributed by atoms with Crippen LogP contribution < -0.4 is 9.80 Å². The van der Waals surface area contributed by atoms with Crippen LogP contribution in [0, 0.1) is 6.92 Å². The van der Waals surface area contributed by atoms with Crippen LogP contribution in [0.4, 0.5) is 11.4 Å². The van der Waals surface area contributed by atoms with Gasteiger partial charge in [0.05, 0.1) is 11.4 Å². The minimum absolute atomic E-state index is 0.0234. The molecule has 1 saturated heterocycles. The molecule has 5 rings (SSSR count). The summed E-state index contributed by atoms with van der Waals surface area (Å²) in [5.74, 6) is 0.140. The SMILES string of the molecule is Cc1ccc(/C=C2/C(=O)N(c3ccccc3)C(=S)N(c3cccc4ccccc34)C2=O)o1. The minimum Gasteiger partial charge on any atom is -0.462 e. The predicted octanol–water partition coefficient (Wildman–Crippen LogP) is 5.49. The maximum atomic E-state index is 13.7. The molecule has 1 aliphatic rings. The van der Waals surface area contributed by atoms with Crippen molar-refractivity contribution in [3.63, 3.8) is 0 Å². The van der Waals surface area contributed by atoms with Gasteiger partial charge in [0.25, 0.3) is 11.8 Å². The van der Waals surface area contributed by atoms with Crippen molar-refractivity contribution in [3.05, 3.63) is 102 Å². The summed E-state index contributed by atoms with van der Waals surface area (Å²) < 4.78 is 5.61. The van der Waals surface area contributed by atoms with Crippen molar-refractivity contribution in [2.75, 3.05) is 9.80 Å². The first-order chi connectivity index (χ1) is 15.5. The van der Waals surface area contributed by atoms with Crippen LogP contribution in [0.15, 0.2) is 94.9 Å². The molecule has 1 aliphatic heterocycles. The van der Waals surface area contributed by atoms with Gasteiger partial charge < -0.3 is 4.42 Å². The van der Waals surface area contributed by atoms with Crippen LogP contribution in [-0.4, -0.2) is 16.9 Å². The molecule has 1 fully saturated rings. The molecule has 0 aliphatic carbocycles. The van der Waals surface area contributed by atoms with Crippen LogP contribution >= 0.6 is 12.2 Å². The standard InChI is InChI=1S/C26H18N2O3S/c1-17-14-15-20(31-17)16-22-24(29)27(19-10-3-2-4-11-19)26(32)28(25(22)30)23-13-7-9-18-8-5-6-12-21(18)23/h2-16H,1H3/b22-16-. The Kier molecular flexibility index (Phi) is 4.92. The number of para-hydroxylation sites is 1. The lowest BCUT2D eigenvalue weighted by Crippen LogP contribution is -2.57. The summed E-state index contributed by atoms with van der Waals surface area (Å²) in [4.78, 5) is 30.0. The number of amides is 2. The van der Waals surface area contributed by atoms with E-state index in [0.29, 0.717) is 22.9 Å². The van der Waals surface area contributed by atoms with Gasteiger partial charge in [0.1, 0.15) is 17.1 Å². The number of fused-ring (bicyclic) bond motifs is 1. The van der Waals surface area contributed by atoms with Gasteiger partial charge in [0.15, 0.2) is 5.11 Å². The molecule has 2 amide bonds. The van der Waals surface area contributed by atoms with E-state index < -0.39 is 11.8 Å². The number of benzene rings is 3. The molecule has 32 heavy (non-hydrogen) atoms. The monoisotopic (exact) mass is 438 g/mol. The average Bonchev–Trinajstić information content (AvgIpc) is 3.22. The van der Waals surface area contributed by atoms with E-state index in [4.69, 9.17) is 16.6 Å². The molecule has 0 N–H and O–H groups in total. The number of hydrogen-bond acceptors (Lipinski definition) is 4. The maximum absolute atomic E-state index is 13.7. The Balaban J connectivity index is 1.72. The molecule has 156 valence electrons. The Labute approximate surface area is 190 Å². The molecule has 0 unspecified atom stereocenters. The van der Waals surface area contributed by atoms with Crippen molar-refractivity contribution in [2.24, 2.45) is 0 Å². The fourth-order valence-electron chi connectivity index (χ4n) is 3.82. The van der Waals surface area contributed by atoms with E-state index in [-0.39, 0.29) is 10.7 Å². The first-order valence-corrected chi connectivity index (χ1v) is 10.5. The quantitative estimate of drug-likeness (QED) is 0.241. The summed E-state index contributed by atoms with van der Waals surface area (Å²) in [6, 6.07) is 26.0. The predicted molar refractivity (Wildman–Crippen MR) is 129 cm³/mol. The van der Waals surface area contributed by atoms with Gasteiger partial charge in [-0.1, -0.05) is 54.6 Å². The molecule has 3 aromatic carbocycles. The van der Waals surface area contributed by atoms with Crippen LogP contribution in [0.2, 0.25) is 0 Å². The van der Waals surface area contributed by atoms with E-state index in [1.165, 1.54) is 15.9 Å². The fraction of sp³-hybridized carbons (Fsp3) is 0.0385. The second-order valence-corrected chi connectivity index (χ2v) is 7.77. The zero-order valence-electron chi connectivity index (χ0n) is 17.2. The molecule has 1 aromatic heterocycles. The van der Waals surface area contributed by atoms with E-state index in [9.17, 15) is 9.59 Å². The molecule has 0 bridgehead atoms. The van der Waals surface area contributed by atoms with Crippen LogP contribution in [0.3, 0.4) is 0 Å². The second kappa shape index (κ2) is 7.90. The zero-order chi connectivity index (χ0) is 22.2. The van der Waals surface area contributed by atoms with Gasteiger partial charge in [-0.05, 0) is 60.9 Å². The molecule has 0 saturated carbocycles. The van der Waals surface area contributed by atoms with Gasteiger partial charge in [-0.25, -0.2) is 0 Å². The smallest absolute Gasteiger partial charge is 0.270 e. The first kappa shape index (κ1) is 19.9. The van der Waals surface area contributed by atoms with Crippen molar-refractivity contribution in [1.82, 2.24) is 0 Å². The summed E-state index contributed by atoms with van der Waals surface area (Å²) >= 11 is 5.71. The van der Waals surface area contributed by atoms with Crippen molar-refractivity contribution in [3.8, 4) is 0 Å². The Morgan fingerprint density at radius 3 is 2.22 bits per heavy atom. The van der Waals surface area contributed by atoms with Crippen LogP contribution in [0.1, 0.15) is 11.5 Å². The number of nitrogens with zero attached hydrogens (tertiary/aromatic N) is 2. The van der Waals surface area contributed by atoms with E-state index >= 15 is 0 Å². The highest BCUT2D eigenvalue weighted by Crippen LogP contribution is 2.34. The number of rotatable bonds is 3.